The van der Waals surface area contributed by atoms with Gasteiger partial charge in [-0.2, -0.15) is 0 Å². The lowest BCUT2D eigenvalue weighted by molar-refractivity contribution is -0.125. The van der Waals surface area contributed by atoms with E-state index in [1.807, 2.05) is 44.0 Å². The van der Waals surface area contributed by atoms with Gasteiger partial charge in [0, 0.05) is 19.6 Å². The van der Waals surface area contributed by atoms with E-state index in [-0.39, 0.29) is 11.9 Å². The molecule has 19 heavy (non-hydrogen) atoms. The average molecular weight is 263 g/mol. The molecule has 0 radical (unpaired) electrons. The number of nitrogens with one attached hydrogen (secondary N) is 1. The lowest BCUT2D eigenvalue weighted by Gasteiger charge is -2.24. The number of nitrogens with two attached hydrogens (primary N) is 1. The van der Waals surface area contributed by atoms with Crippen LogP contribution in [0.2, 0.25) is 0 Å². The van der Waals surface area contributed by atoms with Crippen molar-refractivity contribution in [1.29, 1.82) is 0 Å². The van der Waals surface area contributed by atoms with E-state index >= 15 is 0 Å². The van der Waals surface area contributed by atoms with Crippen molar-refractivity contribution in [3.63, 3.8) is 0 Å². The van der Waals surface area contributed by atoms with E-state index in [1.54, 1.807) is 0 Å². The fourth-order valence-corrected chi connectivity index (χ4v) is 1.91. The van der Waals surface area contributed by atoms with Crippen molar-refractivity contribution >= 4 is 5.91 Å². The molecule has 0 fully saturated rings. The van der Waals surface area contributed by atoms with Crippen molar-refractivity contribution in [1.82, 2.24) is 10.2 Å². The summed E-state index contributed by atoms with van der Waals surface area (Å²) in [6.07, 6.45) is 0.957. The third kappa shape index (κ3) is 4.65. The van der Waals surface area contributed by atoms with Crippen molar-refractivity contribution in [3.8, 4) is 0 Å². The normalized spacial score (nSPS) is 12.5. The smallest absolute Gasteiger partial charge is 0.237 e. The molecule has 1 atom stereocenters. The van der Waals surface area contributed by atoms with Gasteiger partial charge < -0.3 is 11.1 Å². The Morgan fingerprint density at radius 1 is 1.37 bits per heavy atom. The molecule has 1 amide bonds. The van der Waals surface area contributed by atoms with E-state index < -0.39 is 0 Å². The standard InChI is InChI=1S/C15H25N3O/c1-4-9-17-15(19)12(2)18(3)11-14-8-6-5-7-13(14)10-16/h5-8,12H,4,9-11,16H2,1-3H3,(H,17,19). The van der Waals surface area contributed by atoms with E-state index in [0.29, 0.717) is 6.54 Å². The second kappa shape index (κ2) is 7.92. The number of amides is 1. The number of hydrogen-bond acceptors (Lipinski definition) is 3. The molecular formula is C15H25N3O. The summed E-state index contributed by atoms with van der Waals surface area (Å²) in [6, 6.07) is 7.95. The largest absolute Gasteiger partial charge is 0.355 e. The molecule has 1 rings (SSSR count). The zero-order valence-electron chi connectivity index (χ0n) is 12.1. The van der Waals surface area contributed by atoms with Gasteiger partial charge >= 0.3 is 0 Å². The molecule has 1 unspecified atom stereocenters. The molecule has 4 heteroatoms. The van der Waals surface area contributed by atoms with Gasteiger partial charge in [0.05, 0.1) is 6.04 Å². The minimum absolute atomic E-state index is 0.0783. The zero-order valence-corrected chi connectivity index (χ0v) is 12.1. The van der Waals surface area contributed by atoms with Crippen LogP contribution in [0, 0.1) is 0 Å². The van der Waals surface area contributed by atoms with E-state index in [1.165, 1.54) is 5.56 Å². The summed E-state index contributed by atoms with van der Waals surface area (Å²) in [4.78, 5) is 14.0. The highest BCUT2D eigenvalue weighted by Crippen LogP contribution is 2.12. The Labute approximate surface area is 116 Å². The molecule has 1 aromatic carbocycles. The van der Waals surface area contributed by atoms with Crippen LogP contribution in [0.15, 0.2) is 24.3 Å². The van der Waals surface area contributed by atoms with E-state index in [9.17, 15) is 4.79 Å². The summed E-state index contributed by atoms with van der Waals surface area (Å²) in [5.74, 6) is 0.0783. The van der Waals surface area contributed by atoms with Gasteiger partial charge in [-0.05, 0) is 31.5 Å². The molecule has 0 spiro atoms. The molecular weight excluding hydrogens is 238 g/mol. The third-order valence-corrected chi connectivity index (χ3v) is 3.35. The number of likely N-dealkylation sites (N-methyl/N-ethyl adjacent to an activating group) is 1. The summed E-state index contributed by atoms with van der Waals surface area (Å²) in [5, 5.41) is 2.92. The quantitative estimate of drug-likeness (QED) is 0.783. The van der Waals surface area contributed by atoms with Crippen LogP contribution in [0.3, 0.4) is 0 Å². The highest BCUT2D eigenvalue weighted by molar-refractivity contribution is 5.81. The Kier molecular flexibility index (Phi) is 6.53. The number of nitrogens with zero attached hydrogens (tertiary/aromatic N) is 1. The van der Waals surface area contributed by atoms with E-state index in [2.05, 4.69) is 11.4 Å². The highest BCUT2D eigenvalue weighted by atomic mass is 16.2. The third-order valence-electron chi connectivity index (χ3n) is 3.35. The lowest BCUT2D eigenvalue weighted by atomic mass is 10.1. The lowest BCUT2D eigenvalue weighted by Crippen LogP contribution is -2.43. The summed E-state index contributed by atoms with van der Waals surface area (Å²) in [6.45, 7) is 5.97. The number of carbonyl (C=O) groups is 1. The van der Waals surface area contributed by atoms with Gasteiger partial charge in [-0.3, -0.25) is 9.69 Å². The van der Waals surface area contributed by atoms with Crippen LogP contribution in [0.1, 0.15) is 31.4 Å². The van der Waals surface area contributed by atoms with Crippen LogP contribution < -0.4 is 11.1 Å². The SMILES string of the molecule is CCCNC(=O)C(C)N(C)Cc1ccccc1CN. The molecule has 3 N–H and O–H groups in total. The first kappa shape index (κ1) is 15.7. The number of hydrogen-bond donors (Lipinski definition) is 2. The predicted molar refractivity (Wildman–Crippen MR) is 78.6 cm³/mol. The maximum atomic E-state index is 11.9. The van der Waals surface area contributed by atoms with Gasteiger partial charge in [-0.25, -0.2) is 0 Å². The van der Waals surface area contributed by atoms with Crippen LogP contribution in [0.5, 0.6) is 0 Å². The van der Waals surface area contributed by atoms with Gasteiger partial charge in [-0.1, -0.05) is 31.2 Å². The molecule has 0 saturated carbocycles. The van der Waals surface area contributed by atoms with Crippen molar-refractivity contribution < 1.29 is 4.79 Å². The number of carbonyl (C=O) groups excluding carboxylic acids is 1. The molecule has 0 aliphatic heterocycles. The van der Waals surface area contributed by atoms with Gasteiger partial charge in [0.15, 0.2) is 0 Å². The van der Waals surface area contributed by atoms with Gasteiger partial charge in [-0.15, -0.1) is 0 Å². The minimum Gasteiger partial charge on any atom is -0.355 e. The van der Waals surface area contributed by atoms with Crippen LogP contribution in [0.25, 0.3) is 0 Å². The Balaban J connectivity index is 2.63. The number of benzene rings is 1. The van der Waals surface area contributed by atoms with Crippen LogP contribution in [-0.4, -0.2) is 30.4 Å². The summed E-state index contributed by atoms with van der Waals surface area (Å²) in [7, 11) is 1.96. The van der Waals surface area contributed by atoms with Crippen LogP contribution in [0.4, 0.5) is 0 Å². The molecule has 0 aromatic heterocycles. The second-order valence-electron chi connectivity index (χ2n) is 4.85. The summed E-state index contributed by atoms with van der Waals surface area (Å²) < 4.78 is 0. The first-order valence-corrected chi connectivity index (χ1v) is 6.85. The van der Waals surface area contributed by atoms with Crippen LogP contribution in [-0.2, 0) is 17.9 Å². The molecule has 0 bridgehead atoms. The van der Waals surface area contributed by atoms with Gasteiger partial charge in [0.2, 0.25) is 5.91 Å². The number of rotatable bonds is 7. The van der Waals surface area contributed by atoms with Crippen molar-refractivity contribution in [2.24, 2.45) is 5.73 Å². The van der Waals surface area contributed by atoms with Gasteiger partial charge in [0.1, 0.15) is 0 Å². The predicted octanol–water partition coefficient (Wildman–Crippen LogP) is 1.49. The van der Waals surface area contributed by atoms with Crippen molar-refractivity contribution in [3.05, 3.63) is 35.4 Å². The fourth-order valence-electron chi connectivity index (χ4n) is 1.91. The molecule has 106 valence electrons. The maximum absolute atomic E-state index is 11.9. The van der Waals surface area contributed by atoms with Crippen molar-refractivity contribution in [2.75, 3.05) is 13.6 Å². The Morgan fingerprint density at radius 2 is 2.00 bits per heavy atom. The molecule has 0 aliphatic rings. The zero-order chi connectivity index (χ0) is 14.3. The summed E-state index contributed by atoms with van der Waals surface area (Å²) in [5.41, 5.74) is 8.05. The highest BCUT2D eigenvalue weighted by Gasteiger charge is 2.18. The molecule has 0 saturated heterocycles. The molecule has 0 aliphatic carbocycles. The Hall–Kier alpha value is -1.39. The van der Waals surface area contributed by atoms with Crippen molar-refractivity contribution in [2.45, 2.75) is 39.4 Å². The minimum atomic E-state index is -0.141. The van der Waals surface area contributed by atoms with E-state index in [4.69, 9.17) is 5.73 Å². The maximum Gasteiger partial charge on any atom is 0.237 e. The first-order valence-electron chi connectivity index (χ1n) is 6.85. The van der Waals surface area contributed by atoms with Gasteiger partial charge in [0.25, 0.3) is 0 Å². The molecule has 1 aromatic rings. The second-order valence-corrected chi connectivity index (χ2v) is 4.85. The Morgan fingerprint density at radius 3 is 2.58 bits per heavy atom. The molecule has 4 nitrogen and oxygen atoms in total. The molecule has 0 heterocycles. The summed E-state index contributed by atoms with van der Waals surface area (Å²) >= 11 is 0. The van der Waals surface area contributed by atoms with Crippen LogP contribution >= 0.6 is 0 Å². The fraction of sp³-hybridized carbons (Fsp3) is 0.533. The topological polar surface area (TPSA) is 58.4 Å². The monoisotopic (exact) mass is 263 g/mol. The Bertz CT molecular complexity index is 406. The van der Waals surface area contributed by atoms with E-state index in [0.717, 1.165) is 25.1 Å². The first-order chi connectivity index (χ1) is 9.10. The average Bonchev–Trinajstić information content (AvgIpc) is 2.44.